The number of halogens is 1. The Morgan fingerprint density at radius 2 is 2.21 bits per heavy atom. The minimum Gasteiger partial charge on any atom is -0.490 e. The van der Waals surface area contributed by atoms with E-state index in [1.807, 2.05) is 6.92 Å². The summed E-state index contributed by atoms with van der Waals surface area (Å²) in [6.45, 7) is 2.47. The first-order chi connectivity index (χ1) is 8.86. The van der Waals surface area contributed by atoms with Gasteiger partial charge < -0.3 is 9.64 Å². The van der Waals surface area contributed by atoms with Gasteiger partial charge in [-0.2, -0.15) is 0 Å². The Balaban J connectivity index is 3.02. The van der Waals surface area contributed by atoms with Crippen molar-refractivity contribution in [1.29, 1.82) is 0 Å². The highest BCUT2D eigenvalue weighted by atomic mass is 79.9. The van der Waals surface area contributed by atoms with Crippen LogP contribution < -0.4 is 4.74 Å². The SMILES string of the molecule is COc1cc(C(=O)N(C)CC(C)Br)ccc1[N+](=O)[O-]. The average molecular weight is 331 g/mol. The maximum absolute atomic E-state index is 12.1. The molecule has 1 atom stereocenters. The first-order valence-corrected chi connectivity index (χ1v) is 6.50. The summed E-state index contributed by atoms with van der Waals surface area (Å²) in [5, 5.41) is 10.8. The predicted octanol–water partition coefficient (Wildman–Crippen LogP) is 2.46. The molecule has 1 rings (SSSR count). The fourth-order valence-corrected chi connectivity index (χ4v) is 2.08. The van der Waals surface area contributed by atoms with E-state index in [4.69, 9.17) is 4.74 Å². The van der Waals surface area contributed by atoms with Gasteiger partial charge in [0.15, 0.2) is 5.75 Å². The maximum atomic E-state index is 12.1. The van der Waals surface area contributed by atoms with E-state index < -0.39 is 4.92 Å². The van der Waals surface area contributed by atoms with Crippen LogP contribution in [-0.4, -0.2) is 41.3 Å². The van der Waals surface area contributed by atoms with Crippen LogP contribution in [0.1, 0.15) is 17.3 Å². The summed E-state index contributed by atoms with van der Waals surface area (Å²) < 4.78 is 4.94. The van der Waals surface area contributed by atoms with Crippen LogP contribution in [0.2, 0.25) is 0 Å². The molecule has 0 fully saturated rings. The van der Waals surface area contributed by atoms with Gasteiger partial charge in [-0.1, -0.05) is 22.9 Å². The van der Waals surface area contributed by atoms with Crippen LogP contribution in [0.5, 0.6) is 5.75 Å². The largest absolute Gasteiger partial charge is 0.490 e. The molecule has 0 spiro atoms. The van der Waals surface area contributed by atoms with Crippen LogP contribution in [0.15, 0.2) is 18.2 Å². The molecule has 0 radical (unpaired) electrons. The van der Waals surface area contributed by atoms with Crippen LogP contribution in [0.25, 0.3) is 0 Å². The molecule has 0 aliphatic carbocycles. The maximum Gasteiger partial charge on any atom is 0.310 e. The van der Waals surface area contributed by atoms with E-state index in [1.54, 1.807) is 11.9 Å². The smallest absolute Gasteiger partial charge is 0.310 e. The van der Waals surface area contributed by atoms with Gasteiger partial charge in [0.05, 0.1) is 12.0 Å². The molecule has 104 valence electrons. The third-order valence-corrected chi connectivity index (χ3v) is 2.79. The zero-order chi connectivity index (χ0) is 14.6. The molecule has 1 unspecified atom stereocenters. The Labute approximate surface area is 119 Å². The Morgan fingerprint density at radius 3 is 2.68 bits per heavy atom. The second-order valence-corrected chi connectivity index (χ2v) is 5.67. The number of nitro groups is 1. The van der Waals surface area contributed by atoms with E-state index in [0.717, 1.165) is 0 Å². The number of benzene rings is 1. The van der Waals surface area contributed by atoms with Crippen LogP contribution in [-0.2, 0) is 0 Å². The Bertz CT molecular complexity index is 491. The van der Waals surface area contributed by atoms with E-state index >= 15 is 0 Å². The zero-order valence-corrected chi connectivity index (χ0v) is 12.5. The molecule has 0 heterocycles. The average Bonchev–Trinajstić information content (AvgIpc) is 2.36. The van der Waals surface area contributed by atoms with Gasteiger partial charge in [0.1, 0.15) is 0 Å². The molecule has 0 aliphatic rings. The molecule has 0 aliphatic heterocycles. The van der Waals surface area contributed by atoms with Crippen molar-refractivity contribution in [2.45, 2.75) is 11.8 Å². The molecule has 0 aromatic heterocycles. The molecular weight excluding hydrogens is 316 g/mol. The molecule has 1 amide bonds. The predicted molar refractivity (Wildman–Crippen MR) is 75.0 cm³/mol. The number of carbonyl (C=O) groups excluding carboxylic acids is 1. The number of methoxy groups -OCH3 is 1. The molecular formula is C12H15BrN2O4. The van der Waals surface area contributed by atoms with E-state index in [0.29, 0.717) is 12.1 Å². The van der Waals surface area contributed by atoms with Crippen molar-refractivity contribution < 1.29 is 14.5 Å². The summed E-state index contributed by atoms with van der Waals surface area (Å²) in [5.41, 5.74) is 0.202. The van der Waals surface area contributed by atoms with Crippen LogP contribution in [0, 0.1) is 10.1 Å². The summed E-state index contributed by atoms with van der Waals surface area (Å²) in [7, 11) is 3.01. The van der Waals surface area contributed by atoms with E-state index in [9.17, 15) is 14.9 Å². The van der Waals surface area contributed by atoms with Crippen molar-refractivity contribution in [3.05, 3.63) is 33.9 Å². The molecule has 7 heteroatoms. The van der Waals surface area contributed by atoms with Crippen LogP contribution >= 0.6 is 15.9 Å². The third kappa shape index (κ3) is 3.92. The number of ether oxygens (including phenoxy) is 1. The van der Waals surface area contributed by atoms with E-state index in [2.05, 4.69) is 15.9 Å². The molecule has 1 aromatic carbocycles. The number of nitrogens with zero attached hydrogens (tertiary/aromatic N) is 2. The second-order valence-electron chi connectivity index (χ2n) is 4.11. The van der Waals surface area contributed by atoms with Crippen LogP contribution in [0.4, 0.5) is 5.69 Å². The van der Waals surface area contributed by atoms with Gasteiger partial charge in [-0.3, -0.25) is 14.9 Å². The van der Waals surface area contributed by atoms with Crippen molar-refractivity contribution >= 4 is 27.5 Å². The monoisotopic (exact) mass is 330 g/mol. The Morgan fingerprint density at radius 1 is 1.58 bits per heavy atom. The second kappa shape index (κ2) is 6.51. The highest BCUT2D eigenvalue weighted by Gasteiger charge is 2.19. The standard InChI is InChI=1S/C12H15BrN2O4/c1-8(13)7-14(2)12(16)9-4-5-10(15(17)18)11(6-9)19-3/h4-6,8H,7H2,1-3H3. The lowest BCUT2D eigenvalue weighted by atomic mass is 10.1. The normalized spacial score (nSPS) is 11.8. The van der Waals surface area contributed by atoms with Crippen LogP contribution in [0.3, 0.4) is 0 Å². The Kier molecular flexibility index (Phi) is 5.29. The van der Waals surface area contributed by atoms with Gasteiger partial charge in [-0.15, -0.1) is 0 Å². The van der Waals surface area contributed by atoms with Gasteiger partial charge in [0.2, 0.25) is 0 Å². The Hall–Kier alpha value is -1.63. The topological polar surface area (TPSA) is 72.7 Å². The number of carbonyl (C=O) groups is 1. The zero-order valence-electron chi connectivity index (χ0n) is 10.9. The minimum atomic E-state index is -0.544. The molecule has 0 N–H and O–H groups in total. The summed E-state index contributed by atoms with van der Waals surface area (Å²) in [6, 6.07) is 4.09. The number of nitro benzene ring substituents is 1. The van der Waals surface area contributed by atoms with Gasteiger partial charge in [0.25, 0.3) is 5.91 Å². The number of rotatable bonds is 5. The lowest BCUT2D eigenvalue weighted by molar-refractivity contribution is -0.385. The molecule has 1 aromatic rings. The van der Waals surface area contributed by atoms with E-state index in [-0.39, 0.29) is 22.2 Å². The summed E-state index contributed by atoms with van der Waals surface area (Å²) >= 11 is 3.37. The molecule has 19 heavy (non-hydrogen) atoms. The molecule has 0 saturated heterocycles. The molecule has 0 bridgehead atoms. The quantitative estimate of drug-likeness (QED) is 0.472. The van der Waals surface area contributed by atoms with Crippen molar-refractivity contribution in [2.75, 3.05) is 20.7 Å². The van der Waals surface area contributed by atoms with Crippen molar-refractivity contribution in [2.24, 2.45) is 0 Å². The summed E-state index contributed by atoms with van der Waals surface area (Å²) in [4.78, 5) is 24.0. The van der Waals surface area contributed by atoms with E-state index in [1.165, 1.54) is 25.3 Å². The molecule has 6 nitrogen and oxygen atoms in total. The highest BCUT2D eigenvalue weighted by molar-refractivity contribution is 9.09. The fraction of sp³-hybridized carbons (Fsp3) is 0.417. The van der Waals surface area contributed by atoms with Crippen molar-refractivity contribution in [3.8, 4) is 5.75 Å². The number of amides is 1. The minimum absolute atomic E-state index is 0.0798. The van der Waals surface area contributed by atoms with Gasteiger partial charge in [-0.25, -0.2) is 0 Å². The first kappa shape index (κ1) is 15.4. The summed E-state index contributed by atoms with van der Waals surface area (Å²) in [6.07, 6.45) is 0. The third-order valence-electron chi connectivity index (χ3n) is 2.50. The van der Waals surface area contributed by atoms with Crippen molar-refractivity contribution in [1.82, 2.24) is 4.90 Å². The van der Waals surface area contributed by atoms with Crippen molar-refractivity contribution in [3.63, 3.8) is 0 Å². The number of alkyl halides is 1. The van der Waals surface area contributed by atoms with Gasteiger partial charge >= 0.3 is 5.69 Å². The van der Waals surface area contributed by atoms with Gasteiger partial charge in [0, 0.05) is 36.1 Å². The van der Waals surface area contributed by atoms with Gasteiger partial charge in [-0.05, 0) is 6.07 Å². The fourth-order valence-electron chi connectivity index (χ4n) is 1.64. The summed E-state index contributed by atoms with van der Waals surface area (Å²) in [5.74, 6) is -0.129. The number of hydrogen-bond acceptors (Lipinski definition) is 4. The molecule has 0 saturated carbocycles. The lowest BCUT2D eigenvalue weighted by Crippen LogP contribution is -2.31. The first-order valence-electron chi connectivity index (χ1n) is 5.58. The lowest BCUT2D eigenvalue weighted by Gasteiger charge is -2.18. The number of hydrogen-bond donors (Lipinski definition) is 0. The highest BCUT2D eigenvalue weighted by Crippen LogP contribution is 2.27.